The predicted octanol–water partition coefficient (Wildman–Crippen LogP) is 4.01. The SMILES string of the molecule is CNCC1(COCC(F)(F)F)CCC(C(C)(C)C)CC1. The molecule has 0 aromatic carbocycles. The van der Waals surface area contributed by atoms with Gasteiger partial charge in [0, 0.05) is 12.0 Å². The topological polar surface area (TPSA) is 21.3 Å². The second-order valence-corrected chi connectivity index (χ2v) is 7.28. The fraction of sp³-hybridized carbons (Fsp3) is 1.00. The molecule has 0 spiro atoms. The van der Waals surface area contributed by atoms with Crippen LogP contribution in [-0.2, 0) is 4.74 Å². The van der Waals surface area contributed by atoms with Gasteiger partial charge in [-0.2, -0.15) is 13.2 Å². The van der Waals surface area contributed by atoms with Crippen LogP contribution in [0.1, 0.15) is 46.5 Å². The molecule has 2 nitrogen and oxygen atoms in total. The Kier molecular flexibility index (Phi) is 5.90. The van der Waals surface area contributed by atoms with E-state index in [9.17, 15) is 13.2 Å². The van der Waals surface area contributed by atoms with Gasteiger partial charge < -0.3 is 10.1 Å². The van der Waals surface area contributed by atoms with E-state index in [4.69, 9.17) is 4.74 Å². The molecule has 0 aromatic heterocycles. The molecule has 1 rings (SSSR count). The van der Waals surface area contributed by atoms with Gasteiger partial charge in [-0.05, 0) is 44.1 Å². The molecule has 20 heavy (non-hydrogen) atoms. The third-order valence-electron chi connectivity index (χ3n) is 4.50. The van der Waals surface area contributed by atoms with E-state index in [-0.39, 0.29) is 17.4 Å². The lowest BCUT2D eigenvalue weighted by atomic mass is 9.64. The molecule has 0 heterocycles. The van der Waals surface area contributed by atoms with Crippen LogP contribution in [0.5, 0.6) is 0 Å². The van der Waals surface area contributed by atoms with Crippen molar-refractivity contribution in [1.82, 2.24) is 5.32 Å². The van der Waals surface area contributed by atoms with Gasteiger partial charge in [0.2, 0.25) is 0 Å². The Balaban J connectivity index is 2.53. The van der Waals surface area contributed by atoms with Gasteiger partial charge >= 0.3 is 6.18 Å². The summed E-state index contributed by atoms with van der Waals surface area (Å²) in [5.74, 6) is 0.648. The van der Waals surface area contributed by atoms with Crippen LogP contribution in [-0.4, -0.2) is 33.0 Å². The van der Waals surface area contributed by atoms with Gasteiger partial charge in [0.1, 0.15) is 6.61 Å². The summed E-state index contributed by atoms with van der Waals surface area (Å²) in [5, 5.41) is 3.12. The molecule has 120 valence electrons. The van der Waals surface area contributed by atoms with Gasteiger partial charge in [-0.25, -0.2) is 0 Å². The zero-order valence-electron chi connectivity index (χ0n) is 13.1. The third-order valence-corrected chi connectivity index (χ3v) is 4.50. The maximum Gasteiger partial charge on any atom is 0.411 e. The summed E-state index contributed by atoms with van der Waals surface area (Å²) in [6, 6.07) is 0. The molecule has 0 radical (unpaired) electrons. The van der Waals surface area contributed by atoms with Crippen molar-refractivity contribution in [3.8, 4) is 0 Å². The van der Waals surface area contributed by atoms with E-state index in [1.54, 1.807) is 0 Å². The van der Waals surface area contributed by atoms with Crippen molar-refractivity contribution in [2.24, 2.45) is 16.7 Å². The Morgan fingerprint density at radius 1 is 1.15 bits per heavy atom. The Bertz CT molecular complexity index is 283. The minimum atomic E-state index is -4.23. The van der Waals surface area contributed by atoms with Crippen molar-refractivity contribution >= 4 is 0 Å². The van der Waals surface area contributed by atoms with Crippen molar-refractivity contribution in [2.75, 3.05) is 26.8 Å². The van der Waals surface area contributed by atoms with E-state index in [0.29, 0.717) is 5.92 Å². The lowest BCUT2D eigenvalue weighted by Crippen LogP contribution is -2.42. The standard InChI is InChI=1S/C15H28F3NO/c1-13(2,3)12-5-7-14(8-6-12,9-19-4)10-20-11-15(16,17)18/h12,19H,5-11H2,1-4H3. The highest BCUT2D eigenvalue weighted by Crippen LogP contribution is 2.45. The molecule has 1 N–H and O–H groups in total. The smallest absolute Gasteiger partial charge is 0.371 e. The van der Waals surface area contributed by atoms with Crippen molar-refractivity contribution in [3.63, 3.8) is 0 Å². The summed E-state index contributed by atoms with van der Waals surface area (Å²) in [6.07, 6.45) is -0.216. The van der Waals surface area contributed by atoms with E-state index in [2.05, 4.69) is 26.1 Å². The zero-order chi connectivity index (χ0) is 15.4. The summed E-state index contributed by atoms with van der Waals surface area (Å²) in [6.45, 7) is 6.50. The van der Waals surface area contributed by atoms with E-state index < -0.39 is 12.8 Å². The Morgan fingerprint density at radius 3 is 2.10 bits per heavy atom. The molecule has 1 aliphatic rings. The van der Waals surface area contributed by atoms with Crippen molar-refractivity contribution in [1.29, 1.82) is 0 Å². The average Bonchev–Trinajstić information content (AvgIpc) is 2.27. The number of nitrogens with one attached hydrogen (secondary N) is 1. The first-order valence-corrected chi connectivity index (χ1v) is 7.37. The molecule has 0 unspecified atom stereocenters. The van der Waals surface area contributed by atoms with Gasteiger partial charge in [-0.1, -0.05) is 20.8 Å². The molecule has 0 bridgehead atoms. The Morgan fingerprint density at radius 2 is 1.70 bits per heavy atom. The normalized spacial score (nSPS) is 28.6. The lowest BCUT2D eigenvalue weighted by molar-refractivity contribution is -0.182. The summed E-state index contributed by atoms with van der Waals surface area (Å²) < 4.78 is 41.5. The van der Waals surface area contributed by atoms with E-state index in [1.807, 2.05) is 7.05 Å². The van der Waals surface area contributed by atoms with Crippen molar-refractivity contribution < 1.29 is 17.9 Å². The van der Waals surface area contributed by atoms with Crippen LogP contribution in [0.3, 0.4) is 0 Å². The summed E-state index contributed by atoms with van der Waals surface area (Å²) in [4.78, 5) is 0. The molecule has 0 aliphatic heterocycles. The number of hydrogen-bond acceptors (Lipinski definition) is 2. The largest absolute Gasteiger partial charge is 0.411 e. The molecule has 0 amide bonds. The minimum absolute atomic E-state index is 0.137. The van der Waals surface area contributed by atoms with Gasteiger partial charge in [0.05, 0.1) is 6.61 Å². The third kappa shape index (κ3) is 5.60. The van der Waals surface area contributed by atoms with Gasteiger partial charge in [0.25, 0.3) is 0 Å². The number of alkyl halides is 3. The van der Waals surface area contributed by atoms with Crippen molar-refractivity contribution in [2.45, 2.75) is 52.6 Å². The van der Waals surface area contributed by atoms with Crippen LogP contribution in [0.2, 0.25) is 0 Å². The maximum absolute atomic E-state index is 12.2. The molecule has 1 aliphatic carbocycles. The van der Waals surface area contributed by atoms with E-state index >= 15 is 0 Å². The molecular formula is C15H28F3NO. The quantitative estimate of drug-likeness (QED) is 0.827. The first-order valence-electron chi connectivity index (χ1n) is 7.37. The average molecular weight is 295 g/mol. The Labute approximate surface area is 120 Å². The van der Waals surface area contributed by atoms with Crippen LogP contribution < -0.4 is 5.32 Å². The highest BCUT2D eigenvalue weighted by Gasteiger charge is 2.39. The maximum atomic E-state index is 12.2. The monoisotopic (exact) mass is 295 g/mol. The molecule has 0 aromatic rings. The highest BCUT2D eigenvalue weighted by atomic mass is 19.4. The summed E-state index contributed by atoms with van der Waals surface area (Å²) in [5.41, 5.74) is 0.139. The molecule has 0 saturated heterocycles. The van der Waals surface area contributed by atoms with Gasteiger partial charge in [-0.15, -0.1) is 0 Å². The zero-order valence-corrected chi connectivity index (χ0v) is 13.1. The van der Waals surface area contributed by atoms with Gasteiger partial charge in [-0.3, -0.25) is 0 Å². The number of hydrogen-bond donors (Lipinski definition) is 1. The minimum Gasteiger partial charge on any atom is -0.371 e. The molecule has 5 heteroatoms. The first-order chi connectivity index (χ1) is 9.08. The van der Waals surface area contributed by atoms with Gasteiger partial charge in [0.15, 0.2) is 0 Å². The molecule has 1 fully saturated rings. The number of ether oxygens (including phenoxy) is 1. The Hall–Kier alpha value is -0.290. The summed E-state index contributed by atoms with van der Waals surface area (Å²) in [7, 11) is 1.85. The van der Waals surface area contributed by atoms with Crippen LogP contribution in [0.4, 0.5) is 13.2 Å². The molecule has 1 saturated carbocycles. The number of halogens is 3. The number of rotatable bonds is 5. The second kappa shape index (κ2) is 6.65. The molecule has 0 atom stereocenters. The fourth-order valence-electron chi connectivity index (χ4n) is 3.23. The summed E-state index contributed by atoms with van der Waals surface area (Å²) >= 11 is 0. The van der Waals surface area contributed by atoms with Crippen LogP contribution in [0.15, 0.2) is 0 Å². The second-order valence-electron chi connectivity index (χ2n) is 7.28. The van der Waals surface area contributed by atoms with Crippen molar-refractivity contribution in [3.05, 3.63) is 0 Å². The van der Waals surface area contributed by atoms with Crippen LogP contribution >= 0.6 is 0 Å². The fourth-order valence-corrected chi connectivity index (χ4v) is 3.23. The van der Waals surface area contributed by atoms with E-state index in [1.165, 1.54) is 0 Å². The molecular weight excluding hydrogens is 267 g/mol. The van der Waals surface area contributed by atoms with Crippen LogP contribution in [0.25, 0.3) is 0 Å². The first kappa shape index (κ1) is 17.8. The predicted molar refractivity (Wildman–Crippen MR) is 74.6 cm³/mol. The lowest BCUT2D eigenvalue weighted by Gasteiger charge is -2.44. The van der Waals surface area contributed by atoms with Crippen LogP contribution in [0, 0.1) is 16.7 Å². The van der Waals surface area contributed by atoms with E-state index in [0.717, 1.165) is 32.2 Å². The highest BCUT2D eigenvalue weighted by molar-refractivity contribution is 4.90.